The summed E-state index contributed by atoms with van der Waals surface area (Å²) in [6.45, 7) is 0. The lowest BCUT2D eigenvalue weighted by molar-refractivity contribution is 0.391. The van der Waals surface area contributed by atoms with E-state index in [4.69, 9.17) is 0 Å². The van der Waals surface area contributed by atoms with Crippen molar-refractivity contribution < 1.29 is 0 Å². The first-order valence-corrected chi connectivity index (χ1v) is 4.85. The van der Waals surface area contributed by atoms with Crippen LogP contribution in [-0.2, 0) is 0 Å². The standard InChI is InChI=1S/C7H14BrN/c8-6-9-7-4-2-1-3-5-7/h7,9H,1-6H2. The van der Waals surface area contributed by atoms with Crippen LogP contribution >= 0.6 is 15.9 Å². The van der Waals surface area contributed by atoms with Crippen LogP contribution in [0.5, 0.6) is 0 Å². The van der Waals surface area contributed by atoms with Gasteiger partial charge in [-0.05, 0) is 12.8 Å². The lowest BCUT2D eigenvalue weighted by Gasteiger charge is -2.21. The highest BCUT2D eigenvalue weighted by Gasteiger charge is 2.10. The molecule has 9 heavy (non-hydrogen) atoms. The van der Waals surface area contributed by atoms with Crippen LogP contribution in [0.3, 0.4) is 0 Å². The summed E-state index contributed by atoms with van der Waals surface area (Å²) >= 11 is 3.37. The Labute approximate surface area is 65.3 Å². The third-order valence-corrected chi connectivity index (χ3v) is 2.29. The van der Waals surface area contributed by atoms with Gasteiger partial charge < -0.3 is 5.32 Å². The van der Waals surface area contributed by atoms with Crippen molar-refractivity contribution in [2.75, 3.05) is 5.45 Å². The molecule has 1 aliphatic rings. The van der Waals surface area contributed by atoms with Crippen molar-refractivity contribution in [2.45, 2.75) is 38.1 Å². The van der Waals surface area contributed by atoms with E-state index in [1.807, 2.05) is 0 Å². The lowest BCUT2D eigenvalue weighted by atomic mass is 9.96. The maximum Gasteiger partial charge on any atom is 0.0519 e. The smallest absolute Gasteiger partial charge is 0.0519 e. The molecule has 0 unspecified atom stereocenters. The zero-order valence-corrected chi connectivity index (χ0v) is 7.28. The van der Waals surface area contributed by atoms with E-state index in [0.29, 0.717) is 0 Å². The third kappa shape index (κ3) is 2.67. The molecule has 0 amide bonds. The average molecular weight is 192 g/mol. The highest BCUT2D eigenvalue weighted by molar-refractivity contribution is 9.09. The molecule has 0 bridgehead atoms. The van der Waals surface area contributed by atoms with Gasteiger partial charge in [0.05, 0.1) is 5.45 Å². The predicted molar refractivity (Wildman–Crippen MR) is 43.8 cm³/mol. The Morgan fingerprint density at radius 3 is 2.44 bits per heavy atom. The maximum absolute atomic E-state index is 3.40. The Bertz CT molecular complexity index is 66.6. The van der Waals surface area contributed by atoms with Crippen LogP contribution < -0.4 is 5.32 Å². The largest absolute Gasteiger partial charge is 0.305 e. The van der Waals surface area contributed by atoms with Crippen molar-refractivity contribution in [3.8, 4) is 0 Å². The van der Waals surface area contributed by atoms with Crippen molar-refractivity contribution in [1.82, 2.24) is 5.32 Å². The SMILES string of the molecule is BrCNC1CCCCC1. The molecule has 54 valence electrons. The maximum atomic E-state index is 3.40. The van der Waals surface area contributed by atoms with E-state index >= 15 is 0 Å². The predicted octanol–water partition coefficient (Wildman–Crippen LogP) is 2.26. The molecule has 1 N–H and O–H groups in total. The van der Waals surface area contributed by atoms with E-state index in [2.05, 4.69) is 21.2 Å². The van der Waals surface area contributed by atoms with Crippen molar-refractivity contribution in [1.29, 1.82) is 0 Å². The summed E-state index contributed by atoms with van der Waals surface area (Å²) < 4.78 is 0. The first-order chi connectivity index (χ1) is 4.43. The minimum atomic E-state index is 0.804. The number of halogens is 1. The van der Waals surface area contributed by atoms with Crippen LogP contribution in [0.4, 0.5) is 0 Å². The van der Waals surface area contributed by atoms with E-state index in [1.165, 1.54) is 32.1 Å². The molecule has 2 heteroatoms. The van der Waals surface area contributed by atoms with E-state index in [9.17, 15) is 0 Å². The molecule has 1 fully saturated rings. The van der Waals surface area contributed by atoms with Gasteiger partial charge in [-0.1, -0.05) is 35.2 Å². The monoisotopic (exact) mass is 191 g/mol. The molecule has 0 saturated heterocycles. The molecule has 1 rings (SSSR count). The Morgan fingerprint density at radius 2 is 1.89 bits per heavy atom. The minimum Gasteiger partial charge on any atom is -0.305 e. The van der Waals surface area contributed by atoms with Crippen molar-refractivity contribution in [3.63, 3.8) is 0 Å². The second-order valence-electron chi connectivity index (χ2n) is 2.67. The fourth-order valence-corrected chi connectivity index (χ4v) is 1.87. The van der Waals surface area contributed by atoms with Crippen LogP contribution in [0.15, 0.2) is 0 Å². The molecule has 0 aromatic carbocycles. The van der Waals surface area contributed by atoms with Gasteiger partial charge in [0.15, 0.2) is 0 Å². The summed E-state index contributed by atoms with van der Waals surface area (Å²) in [5, 5.41) is 3.40. The molecule has 1 nitrogen and oxygen atoms in total. The molecule has 0 heterocycles. The molecule has 0 radical (unpaired) electrons. The minimum absolute atomic E-state index is 0.804. The summed E-state index contributed by atoms with van der Waals surface area (Å²) in [5.41, 5.74) is 0.956. The van der Waals surface area contributed by atoms with Crippen LogP contribution in [0.1, 0.15) is 32.1 Å². The summed E-state index contributed by atoms with van der Waals surface area (Å²) in [5.74, 6) is 0. The molecule has 0 aromatic rings. The zero-order valence-electron chi connectivity index (χ0n) is 5.70. The topological polar surface area (TPSA) is 12.0 Å². The Hall–Kier alpha value is 0.440. The molecule has 1 saturated carbocycles. The number of hydrogen-bond acceptors (Lipinski definition) is 1. The van der Waals surface area contributed by atoms with Gasteiger partial charge in [0.2, 0.25) is 0 Å². The second kappa shape index (κ2) is 4.29. The molecule has 1 aliphatic carbocycles. The highest BCUT2D eigenvalue weighted by Crippen LogP contribution is 2.17. The average Bonchev–Trinajstić information content (AvgIpc) is 1.91. The van der Waals surface area contributed by atoms with E-state index < -0.39 is 0 Å². The Morgan fingerprint density at radius 1 is 1.22 bits per heavy atom. The summed E-state index contributed by atoms with van der Waals surface area (Å²) in [7, 11) is 0. The van der Waals surface area contributed by atoms with E-state index in [1.54, 1.807) is 0 Å². The van der Waals surface area contributed by atoms with Crippen LogP contribution in [-0.4, -0.2) is 11.5 Å². The fraction of sp³-hybridized carbons (Fsp3) is 1.00. The van der Waals surface area contributed by atoms with E-state index in [0.717, 1.165) is 11.5 Å². The molecule has 0 spiro atoms. The van der Waals surface area contributed by atoms with Crippen molar-refractivity contribution in [3.05, 3.63) is 0 Å². The first-order valence-electron chi connectivity index (χ1n) is 3.73. The highest BCUT2D eigenvalue weighted by atomic mass is 79.9. The fourth-order valence-electron chi connectivity index (χ4n) is 1.42. The van der Waals surface area contributed by atoms with Gasteiger partial charge in [0, 0.05) is 6.04 Å². The summed E-state index contributed by atoms with van der Waals surface area (Å²) in [6.07, 6.45) is 7.05. The van der Waals surface area contributed by atoms with Crippen molar-refractivity contribution in [2.24, 2.45) is 0 Å². The first kappa shape index (κ1) is 7.55. The summed E-state index contributed by atoms with van der Waals surface area (Å²) in [4.78, 5) is 0. The number of rotatable bonds is 2. The quantitative estimate of drug-likeness (QED) is 0.522. The second-order valence-corrected chi connectivity index (χ2v) is 3.23. The molecule has 0 aliphatic heterocycles. The van der Waals surface area contributed by atoms with Gasteiger partial charge in [0.25, 0.3) is 0 Å². The molecular formula is C7H14BrN. The lowest BCUT2D eigenvalue weighted by Crippen LogP contribution is -2.29. The zero-order chi connectivity index (χ0) is 6.53. The Kier molecular flexibility index (Phi) is 3.59. The van der Waals surface area contributed by atoms with Gasteiger partial charge >= 0.3 is 0 Å². The Balaban J connectivity index is 2.08. The van der Waals surface area contributed by atoms with Gasteiger partial charge in [-0.3, -0.25) is 0 Å². The molecular weight excluding hydrogens is 178 g/mol. The summed E-state index contributed by atoms with van der Waals surface area (Å²) in [6, 6.07) is 0.804. The van der Waals surface area contributed by atoms with E-state index in [-0.39, 0.29) is 0 Å². The van der Waals surface area contributed by atoms with Crippen LogP contribution in [0.25, 0.3) is 0 Å². The van der Waals surface area contributed by atoms with Gasteiger partial charge in [0.1, 0.15) is 0 Å². The van der Waals surface area contributed by atoms with Crippen LogP contribution in [0, 0.1) is 0 Å². The third-order valence-electron chi connectivity index (χ3n) is 1.97. The molecule has 0 aromatic heterocycles. The van der Waals surface area contributed by atoms with Gasteiger partial charge in [-0.15, -0.1) is 0 Å². The van der Waals surface area contributed by atoms with Gasteiger partial charge in [-0.25, -0.2) is 0 Å². The normalized spacial score (nSPS) is 22.3. The van der Waals surface area contributed by atoms with Gasteiger partial charge in [-0.2, -0.15) is 0 Å². The van der Waals surface area contributed by atoms with Crippen LogP contribution in [0.2, 0.25) is 0 Å². The number of nitrogens with one attached hydrogen (secondary N) is 1. The number of hydrogen-bond donors (Lipinski definition) is 1. The molecule has 0 atom stereocenters. The number of alkyl halides is 1. The van der Waals surface area contributed by atoms with Crippen molar-refractivity contribution >= 4 is 15.9 Å².